The Hall–Kier alpha value is -2.76. The lowest BCUT2D eigenvalue weighted by Crippen LogP contribution is -2.29. The van der Waals surface area contributed by atoms with Gasteiger partial charge in [0.1, 0.15) is 11.6 Å². The molecular weight excluding hydrogens is 268 g/mol. The van der Waals surface area contributed by atoms with Crippen LogP contribution in [0.1, 0.15) is 10.4 Å². The lowest BCUT2D eigenvalue weighted by Gasteiger charge is -2.10. The third-order valence-corrected chi connectivity index (χ3v) is 2.85. The summed E-state index contributed by atoms with van der Waals surface area (Å²) in [6, 6.07) is 10.7. The molecule has 0 aliphatic carbocycles. The summed E-state index contributed by atoms with van der Waals surface area (Å²) >= 11 is 0. The highest BCUT2D eigenvalue weighted by atomic mass is 16.5. The average molecular weight is 286 g/mol. The molecule has 2 rings (SSSR count). The van der Waals surface area contributed by atoms with Gasteiger partial charge in [0.25, 0.3) is 5.91 Å². The van der Waals surface area contributed by atoms with Crippen molar-refractivity contribution in [1.29, 1.82) is 0 Å². The number of hydrogen-bond donors (Lipinski definition) is 3. The SMILES string of the molecule is COc1ccccc1C(=O)NCCNc1ccc(N)cn1. The summed E-state index contributed by atoms with van der Waals surface area (Å²) in [7, 11) is 1.54. The first-order valence-corrected chi connectivity index (χ1v) is 6.57. The van der Waals surface area contributed by atoms with Gasteiger partial charge in [-0.3, -0.25) is 4.79 Å². The minimum atomic E-state index is -0.167. The monoisotopic (exact) mass is 286 g/mol. The van der Waals surface area contributed by atoms with Crippen molar-refractivity contribution in [1.82, 2.24) is 10.3 Å². The molecule has 0 saturated heterocycles. The van der Waals surface area contributed by atoms with Crippen LogP contribution in [0.2, 0.25) is 0 Å². The summed E-state index contributed by atoms with van der Waals surface area (Å²) in [4.78, 5) is 16.1. The number of aromatic nitrogens is 1. The van der Waals surface area contributed by atoms with E-state index in [9.17, 15) is 4.79 Å². The maximum Gasteiger partial charge on any atom is 0.255 e. The third kappa shape index (κ3) is 4.10. The zero-order valence-corrected chi connectivity index (χ0v) is 11.8. The van der Waals surface area contributed by atoms with Crippen molar-refractivity contribution < 1.29 is 9.53 Å². The number of carbonyl (C=O) groups is 1. The van der Waals surface area contributed by atoms with Gasteiger partial charge in [-0.15, -0.1) is 0 Å². The summed E-state index contributed by atoms with van der Waals surface area (Å²) in [6.45, 7) is 1.04. The minimum absolute atomic E-state index is 0.167. The van der Waals surface area contributed by atoms with Crippen LogP contribution in [0.4, 0.5) is 11.5 Å². The van der Waals surface area contributed by atoms with Gasteiger partial charge in [-0.05, 0) is 24.3 Å². The highest BCUT2D eigenvalue weighted by molar-refractivity contribution is 5.96. The summed E-state index contributed by atoms with van der Waals surface area (Å²) in [5.41, 5.74) is 6.69. The molecule has 6 nitrogen and oxygen atoms in total. The Morgan fingerprint density at radius 1 is 1.24 bits per heavy atom. The second-order valence-electron chi connectivity index (χ2n) is 4.36. The second kappa shape index (κ2) is 7.14. The first-order chi connectivity index (χ1) is 10.2. The summed E-state index contributed by atoms with van der Waals surface area (Å²) in [5, 5.41) is 5.92. The molecule has 1 aromatic heterocycles. The van der Waals surface area contributed by atoms with E-state index in [1.54, 1.807) is 43.6 Å². The van der Waals surface area contributed by atoms with Gasteiger partial charge >= 0.3 is 0 Å². The van der Waals surface area contributed by atoms with Gasteiger partial charge in [0.2, 0.25) is 0 Å². The van der Waals surface area contributed by atoms with Crippen molar-refractivity contribution in [3.8, 4) is 5.75 Å². The fourth-order valence-electron chi connectivity index (χ4n) is 1.80. The summed E-state index contributed by atoms with van der Waals surface area (Å²) in [5.74, 6) is 1.11. The molecule has 0 radical (unpaired) electrons. The predicted octanol–water partition coefficient (Wildman–Crippen LogP) is 1.51. The van der Waals surface area contributed by atoms with Gasteiger partial charge in [0.05, 0.1) is 24.6 Å². The van der Waals surface area contributed by atoms with E-state index in [-0.39, 0.29) is 5.91 Å². The van der Waals surface area contributed by atoms with Crippen molar-refractivity contribution in [2.75, 3.05) is 31.2 Å². The quantitative estimate of drug-likeness (QED) is 0.700. The average Bonchev–Trinajstić information content (AvgIpc) is 2.53. The Bertz CT molecular complexity index is 599. The molecule has 6 heteroatoms. The number of ether oxygens (including phenoxy) is 1. The van der Waals surface area contributed by atoms with Gasteiger partial charge in [-0.2, -0.15) is 0 Å². The van der Waals surface area contributed by atoms with Crippen LogP contribution in [0.15, 0.2) is 42.6 Å². The molecule has 0 spiro atoms. The first-order valence-electron chi connectivity index (χ1n) is 6.57. The number of benzene rings is 1. The molecule has 0 aliphatic rings. The predicted molar refractivity (Wildman–Crippen MR) is 82.5 cm³/mol. The van der Waals surface area contributed by atoms with Crippen LogP contribution in [0.5, 0.6) is 5.75 Å². The van der Waals surface area contributed by atoms with E-state index in [0.717, 1.165) is 5.82 Å². The number of anilines is 2. The lowest BCUT2D eigenvalue weighted by atomic mass is 10.2. The van der Waals surface area contributed by atoms with Crippen LogP contribution in [0, 0.1) is 0 Å². The van der Waals surface area contributed by atoms with Gasteiger partial charge in [0, 0.05) is 13.1 Å². The number of para-hydroxylation sites is 1. The number of nitrogens with zero attached hydrogens (tertiary/aromatic N) is 1. The van der Waals surface area contributed by atoms with E-state index < -0.39 is 0 Å². The number of nitrogens with one attached hydrogen (secondary N) is 2. The second-order valence-corrected chi connectivity index (χ2v) is 4.36. The normalized spacial score (nSPS) is 9.95. The highest BCUT2D eigenvalue weighted by Gasteiger charge is 2.10. The third-order valence-electron chi connectivity index (χ3n) is 2.85. The van der Waals surface area contributed by atoms with Crippen LogP contribution >= 0.6 is 0 Å². The Morgan fingerprint density at radius 2 is 2.05 bits per heavy atom. The zero-order valence-electron chi connectivity index (χ0n) is 11.8. The molecule has 0 atom stereocenters. The van der Waals surface area contributed by atoms with E-state index in [2.05, 4.69) is 15.6 Å². The Morgan fingerprint density at radius 3 is 2.76 bits per heavy atom. The van der Waals surface area contributed by atoms with Crippen LogP contribution in [0.3, 0.4) is 0 Å². The van der Waals surface area contributed by atoms with Crippen molar-refractivity contribution >= 4 is 17.4 Å². The number of amides is 1. The molecule has 21 heavy (non-hydrogen) atoms. The van der Waals surface area contributed by atoms with E-state index >= 15 is 0 Å². The Labute approximate surface area is 123 Å². The molecule has 1 heterocycles. The van der Waals surface area contributed by atoms with E-state index in [4.69, 9.17) is 10.5 Å². The van der Waals surface area contributed by atoms with E-state index in [1.165, 1.54) is 0 Å². The Kier molecular flexibility index (Phi) is 4.98. The number of rotatable bonds is 6. The van der Waals surface area contributed by atoms with Gasteiger partial charge in [-0.1, -0.05) is 12.1 Å². The highest BCUT2D eigenvalue weighted by Crippen LogP contribution is 2.16. The van der Waals surface area contributed by atoms with Gasteiger partial charge in [-0.25, -0.2) is 4.98 Å². The molecule has 0 saturated carbocycles. The first kappa shape index (κ1) is 14.6. The smallest absolute Gasteiger partial charge is 0.255 e. The molecular formula is C15H18N4O2. The molecule has 0 fully saturated rings. The van der Waals surface area contributed by atoms with Crippen molar-refractivity contribution in [3.63, 3.8) is 0 Å². The number of hydrogen-bond acceptors (Lipinski definition) is 5. The van der Waals surface area contributed by atoms with Crippen LogP contribution in [-0.4, -0.2) is 31.1 Å². The molecule has 1 aromatic carbocycles. The topological polar surface area (TPSA) is 89.3 Å². The van der Waals surface area contributed by atoms with Crippen LogP contribution in [0.25, 0.3) is 0 Å². The van der Waals surface area contributed by atoms with Crippen molar-refractivity contribution in [3.05, 3.63) is 48.2 Å². The largest absolute Gasteiger partial charge is 0.496 e. The van der Waals surface area contributed by atoms with E-state index in [1.807, 2.05) is 6.07 Å². The van der Waals surface area contributed by atoms with E-state index in [0.29, 0.717) is 30.1 Å². The number of nitrogens with two attached hydrogens (primary N) is 1. The van der Waals surface area contributed by atoms with Gasteiger partial charge in [0.15, 0.2) is 0 Å². The summed E-state index contributed by atoms with van der Waals surface area (Å²) in [6.07, 6.45) is 1.58. The van der Waals surface area contributed by atoms with Crippen LogP contribution < -0.4 is 21.1 Å². The molecule has 0 aliphatic heterocycles. The standard InChI is InChI=1S/C15H18N4O2/c1-21-13-5-3-2-4-12(13)15(20)18-9-8-17-14-7-6-11(16)10-19-14/h2-7,10H,8-9,16H2,1H3,(H,17,19)(H,18,20). The van der Waals surface area contributed by atoms with Crippen LogP contribution in [-0.2, 0) is 0 Å². The zero-order chi connectivity index (χ0) is 15.1. The molecule has 2 aromatic rings. The molecule has 0 bridgehead atoms. The lowest BCUT2D eigenvalue weighted by molar-refractivity contribution is 0.0952. The number of carbonyl (C=O) groups excluding carboxylic acids is 1. The fourth-order valence-corrected chi connectivity index (χ4v) is 1.80. The fraction of sp³-hybridized carbons (Fsp3) is 0.200. The maximum atomic E-state index is 12.0. The molecule has 4 N–H and O–H groups in total. The number of methoxy groups -OCH3 is 1. The molecule has 0 unspecified atom stereocenters. The Balaban J connectivity index is 1.80. The maximum absolute atomic E-state index is 12.0. The number of nitrogen functional groups attached to an aromatic ring is 1. The molecule has 110 valence electrons. The minimum Gasteiger partial charge on any atom is -0.496 e. The van der Waals surface area contributed by atoms with Crippen molar-refractivity contribution in [2.24, 2.45) is 0 Å². The van der Waals surface area contributed by atoms with Gasteiger partial charge < -0.3 is 21.1 Å². The molecule has 1 amide bonds. The van der Waals surface area contributed by atoms with Crippen molar-refractivity contribution in [2.45, 2.75) is 0 Å². The number of pyridine rings is 1. The summed E-state index contributed by atoms with van der Waals surface area (Å²) < 4.78 is 5.15.